The van der Waals surface area contributed by atoms with Crippen LogP contribution in [0.3, 0.4) is 0 Å². The Kier molecular flexibility index (Phi) is 6.91. The van der Waals surface area contributed by atoms with Gasteiger partial charge in [0, 0.05) is 11.9 Å². The smallest absolute Gasteiger partial charge is 0.296 e. The molecule has 0 atom stereocenters. The van der Waals surface area contributed by atoms with E-state index in [1.165, 1.54) is 0 Å². The first-order valence-electron chi connectivity index (χ1n) is 9.47. The molecule has 0 radical (unpaired) electrons. The molecule has 0 fully saturated rings. The number of carbonyl (C=O) groups is 1. The number of carbonyl (C=O) groups excluding carboxylic acids is 1. The van der Waals surface area contributed by atoms with E-state index < -0.39 is 11.5 Å². The molecule has 0 bridgehead atoms. The van der Waals surface area contributed by atoms with Gasteiger partial charge in [-0.15, -0.1) is 10.2 Å². The van der Waals surface area contributed by atoms with Gasteiger partial charge in [0.2, 0.25) is 5.88 Å². The van der Waals surface area contributed by atoms with Gasteiger partial charge in [-0.1, -0.05) is 57.7 Å². The Bertz CT molecular complexity index is 772. The van der Waals surface area contributed by atoms with Gasteiger partial charge in [0.15, 0.2) is 5.69 Å². The summed E-state index contributed by atoms with van der Waals surface area (Å²) in [5.74, 6) is -0.650. The fourth-order valence-electron chi connectivity index (χ4n) is 3.16. The fourth-order valence-corrected chi connectivity index (χ4v) is 3.16. The Morgan fingerprint density at radius 1 is 1.12 bits per heavy atom. The Balaban J connectivity index is 2.34. The number of rotatable bonds is 9. The second kappa shape index (κ2) is 8.94. The lowest BCUT2D eigenvalue weighted by Gasteiger charge is -2.23. The lowest BCUT2D eigenvalue weighted by atomic mass is 9.90. The van der Waals surface area contributed by atoms with Crippen molar-refractivity contribution in [2.45, 2.75) is 71.4 Å². The average molecular weight is 359 g/mol. The fraction of sp³-hybridized carbons (Fsp3) is 0.550. The molecule has 0 aliphatic carbocycles. The minimum Gasteiger partial charge on any atom is -0.493 e. The van der Waals surface area contributed by atoms with Crippen LogP contribution in [-0.2, 0) is 11.3 Å². The molecule has 26 heavy (non-hydrogen) atoms. The molecule has 1 aromatic heterocycles. The molecule has 142 valence electrons. The predicted molar refractivity (Wildman–Crippen MR) is 103 cm³/mol. The molecule has 2 N–H and O–H groups in total. The van der Waals surface area contributed by atoms with Crippen molar-refractivity contribution in [1.82, 2.24) is 4.57 Å². The van der Waals surface area contributed by atoms with Crippen LogP contribution < -0.4 is 0 Å². The molecule has 0 aliphatic heterocycles. The van der Waals surface area contributed by atoms with Crippen LogP contribution in [-0.4, -0.2) is 26.3 Å². The third-order valence-corrected chi connectivity index (χ3v) is 4.76. The summed E-state index contributed by atoms with van der Waals surface area (Å²) in [7, 11) is 0. The van der Waals surface area contributed by atoms with E-state index in [1.807, 2.05) is 45.0 Å². The Labute approximate surface area is 154 Å². The molecular formula is C20H29N3O3. The van der Waals surface area contributed by atoms with E-state index >= 15 is 0 Å². The third kappa shape index (κ3) is 4.12. The summed E-state index contributed by atoms with van der Waals surface area (Å²) in [6.45, 7) is 6.53. The molecular weight excluding hydrogens is 330 g/mol. The number of hydrogen-bond acceptors (Lipinski definition) is 4. The van der Waals surface area contributed by atoms with Gasteiger partial charge in [-0.2, -0.15) is 0 Å². The van der Waals surface area contributed by atoms with Crippen LogP contribution in [0.4, 0.5) is 5.69 Å². The van der Waals surface area contributed by atoms with E-state index in [2.05, 4.69) is 10.2 Å². The van der Waals surface area contributed by atoms with E-state index in [4.69, 9.17) is 0 Å². The number of aryl methyl sites for hydroxylation is 1. The van der Waals surface area contributed by atoms with Crippen molar-refractivity contribution in [1.29, 1.82) is 0 Å². The summed E-state index contributed by atoms with van der Waals surface area (Å²) in [4.78, 5) is 12.6. The van der Waals surface area contributed by atoms with Gasteiger partial charge in [0.25, 0.3) is 5.91 Å². The summed E-state index contributed by atoms with van der Waals surface area (Å²) in [5, 5.41) is 29.8. The maximum absolute atomic E-state index is 12.6. The Morgan fingerprint density at radius 3 is 2.31 bits per heavy atom. The number of azo groups is 1. The molecule has 0 unspecified atom stereocenters. The first-order valence-corrected chi connectivity index (χ1v) is 9.47. The van der Waals surface area contributed by atoms with Crippen LogP contribution in [0.25, 0.3) is 10.9 Å². The van der Waals surface area contributed by atoms with Gasteiger partial charge in [-0.25, -0.2) is 0 Å². The van der Waals surface area contributed by atoms with Gasteiger partial charge in [0.1, 0.15) is 5.60 Å². The number of nitrogens with zero attached hydrogens (tertiary/aromatic N) is 3. The molecule has 6 heteroatoms. The summed E-state index contributed by atoms with van der Waals surface area (Å²) in [6, 6.07) is 7.45. The summed E-state index contributed by atoms with van der Waals surface area (Å²) in [5.41, 5.74) is -0.376. The lowest BCUT2D eigenvalue weighted by molar-refractivity contribution is -0.138. The zero-order chi connectivity index (χ0) is 19.2. The number of fused-ring (bicyclic) bond motifs is 1. The topological polar surface area (TPSA) is 87.2 Å². The van der Waals surface area contributed by atoms with Crippen molar-refractivity contribution in [3.63, 3.8) is 0 Å². The van der Waals surface area contributed by atoms with Gasteiger partial charge in [-0.3, -0.25) is 4.79 Å². The van der Waals surface area contributed by atoms with Crippen molar-refractivity contribution in [3.05, 3.63) is 24.3 Å². The van der Waals surface area contributed by atoms with Gasteiger partial charge < -0.3 is 14.8 Å². The number of aromatic nitrogens is 1. The van der Waals surface area contributed by atoms with Crippen LogP contribution in [0.1, 0.15) is 59.3 Å². The molecule has 0 saturated heterocycles. The van der Waals surface area contributed by atoms with E-state index in [-0.39, 0.29) is 11.6 Å². The minimum absolute atomic E-state index is 0.0177. The minimum atomic E-state index is -1.48. The molecule has 1 amide bonds. The third-order valence-electron chi connectivity index (χ3n) is 4.76. The number of hydrogen-bond donors (Lipinski definition) is 2. The molecule has 6 nitrogen and oxygen atoms in total. The van der Waals surface area contributed by atoms with Crippen LogP contribution >= 0.6 is 0 Å². The number of para-hydroxylation sites is 1. The first-order chi connectivity index (χ1) is 12.5. The molecule has 2 rings (SSSR count). The summed E-state index contributed by atoms with van der Waals surface area (Å²) >= 11 is 0. The normalized spacial score (nSPS) is 12.3. The van der Waals surface area contributed by atoms with Crippen molar-refractivity contribution in [2.75, 3.05) is 0 Å². The number of benzene rings is 1. The maximum atomic E-state index is 12.6. The van der Waals surface area contributed by atoms with E-state index in [0.717, 1.165) is 36.6 Å². The zero-order valence-corrected chi connectivity index (χ0v) is 15.9. The van der Waals surface area contributed by atoms with Gasteiger partial charge in [0.05, 0.1) is 5.52 Å². The van der Waals surface area contributed by atoms with Crippen LogP contribution in [0.5, 0.6) is 5.88 Å². The highest BCUT2D eigenvalue weighted by Crippen LogP contribution is 2.39. The zero-order valence-electron chi connectivity index (χ0n) is 15.9. The number of aromatic hydroxyl groups is 1. The van der Waals surface area contributed by atoms with E-state index in [9.17, 15) is 15.0 Å². The van der Waals surface area contributed by atoms with Crippen molar-refractivity contribution in [2.24, 2.45) is 10.2 Å². The van der Waals surface area contributed by atoms with E-state index in [1.54, 1.807) is 4.57 Å². The molecule has 0 aliphatic rings. The second-order valence-corrected chi connectivity index (χ2v) is 6.68. The monoisotopic (exact) mass is 359 g/mol. The standard InChI is InChI=1S/C20H29N3O3/c1-4-7-13-20(26,14-8-5-2)19(25)22-21-17-15-11-9-10-12-16(15)23(6-3)18(17)24/h9-12,24,26H,4-8,13-14H2,1-3H3. The summed E-state index contributed by atoms with van der Waals surface area (Å²) < 4.78 is 1.72. The molecule has 2 aromatic rings. The highest BCUT2D eigenvalue weighted by Gasteiger charge is 2.35. The molecule has 1 heterocycles. The highest BCUT2D eigenvalue weighted by atomic mass is 16.3. The second-order valence-electron chi connectivity index (χ2n) is 6.68. The Morgan fingerprint density at radius 2 is 1.73 bits per heavy atom. The van der Waals surface area contributed by atoms with Gasteiger partial charge in [-0.05, 0) is 25.8 Å². The molecule has 0 spiro atoms. The predicted octanol–water partition coefficient (Wildman–Crippen LogP) is 5.09. The number of aliphatic hydroxyl groups is 1. The molecule has 1 aromatic carbocycles. The number of unbranched alkanes of at least 4 members (excludes halogenated alkanes) is 2. The van der Waals surface area contributed by atoms with Crippen LogP contribution in [0, 0.1) is 0 Å². The quantitative estimate of drug-likeness (QED) is 0.611. The van der Waals surface area contributed by atoms with Crippen LogP contribution in [0.15, 0.2) is 34.5 Å². The maximum Gasteiger partial charge on any atom is 0.296 e. The largest absolute Gasteiger partial charge is 0.493 e. The van der Waals surface area contributed by atoms with Crippen molar-refractivity contribution >= 4 is 22.5 Å². The molecule has 0 saturated carbocycles. The Hall–Kier alpha value is -2.21. The van der Waals surface area contributed by atoms with Crippen molar-refractivity contribution < 1.29 is 15.0 Å². The first kappa shape index (κ1) is 20.1. The SMILES string of the molecule is CCCCC(O)(CCCC)C(=O)N=Nc1c(O)n(CC)c2ccccc12. The summed E-state index contributed by atoms with van der Waals surface area (Å²) in [6.07, 6.45) is 4.05. The van der Waals surface area contributed by atoms with E-state index in [0.29, 0.717) is 19.4 Å². The van der Waals surface area contributed by atoms with Crippen molar-refractivity contribution in [3.8, 4) is 5.88 Å². The number of amides is 1. The van der Waals surface area contributed by atoms with Gasteiger partial charge >= 0.3 is 0 Å². The lowest BCUT2D eigenvalue weighted by Crippen LogP contribution is -2.37. The average Bonchev–Trinajstić information content (AvgIpc) is 2.93. The highest BCUT2D eigenvalue weighted by molar-refractivity contribution is 5.95. The van der Waals surface area contributed by atoms with Crippen LogP contribution in [0.2, 0.25) is 0 Å².